The Balaban J connectivity index is 1.93. The fourth-order valence-electron chi connectivity index (χ4n) is 1.78. The van der Waals surface area contributed by atoms with E-state index < -0.39 is 0 Å². The van der Waals surface area contributed by atoms with Gasteiger partial charge in [0.25, 0.3) is 5.22 Å². The molecule has 0 radical (unpaired) electrons. The molecule has 118 valence electrons. The van der Waals surface area contributed by atoms with Crippen molar-refractivity contribution in [3.05, 3.63) is 29.8 Å². The average Bonchev–Trinajstić information content (AvgIpc) is 2.94. The number of nitrogens with zero attached hydrogens (tertiary/aromatic N) is 2. The maximum absolute atomic E-state index is 11.8. The van der Waals surface area contributed by atoms with Gasteiger partial charge in [0.2, 0.25) is 11.8 Å². The number of hydrogen-bond acceptors (Lipinski definition) is 5. The van der Waals surface area contributed by atoms with Gasteiger partial charge in [-0.25, -0.2) is 0 Å². The van der Waals surface area contributed by atoms with E-state index in [4.69, 9.17) is 4.42 Å². The van der Waals surface area contributed by atoms with Crippen LogP contribution in [0.25, 0.3) is 11.5 Å². The molecule has 0 saturated carbocycles. The van der Waals surface area contributed by atoms with Crippen LogP contribution in [0, 0.1) is 12.8 Å². The Labute approximate surface area is 134 Å². The first kappa shape index (κ1) is 16.5. The summed E-state index contributed by atoms with van der Waals surface area (Å²) in [6.45, 7) is 8.14. The van der Waals surface area contributed by atoms with Crippen molar-refractivity contribution in [2.75, 3.05) is 5.75 Å². The molecule has 0 bridgehead atoms. The molecule has 0 aliphatic heterocycles. The number of carbonyl (C=O) groups excluding carboxylic acids is 1. The zero-order valence-electron chi connectivity index (χ0n) is 13.3. The van der Waals surface area contributed by atoms with Gasteiger partial charge in [0.1, 0.15) is 0 Å². The Hall–Kier alpha value is -1.82. The van der Waals surface area contributed by atoms with Gasteiger partial charge in [0.15, 0.2) is 0 Å². The lowest BCUT2D eigenvalue weighted by molar-refractivity contribution is -0.119. The molecule has 0 aliphatic carbocycles. The molecule has 2 rings (SSSR count). The van der Waals surface area contributed by atoms with Crippen molar-refractivity contribution >= 4 is 17.7 Å². The molecule has 1 heterocycles. The zero-order chi connectivity index (χ0) is 16.1. The van der Waals surface area contributed by atoms with Gasteiger partial charge in [-0.3, -0.25) is 4.79 Å². The van der Waals surface area contributed by atoms with Crippen LogP contribution >= 0.6 is 11.8 Å². The first-order valence-corrected chi connectivity index (χ1v) is 8.27. The average molecular weight is 319 g/mol. The summed E-state index contributed by atoms with van der Waals surface area (Å²) in [5.74, 6) is 1.13. The Kier molecular flexibility index (Phi) is 5.60. The number of hydrogen-bond donors (Lipinski definition) is 1. The van der Waals surface area contributed by atoms with Crippen LogP contribution in [0.3, 0.4) is 0 Å². The normalized spacial score (nSPS) is 12.4. The van der Waals surface area contributed by atoms with Gasteiger partial charge < -0.3 is 9.73 Å². The summed E-state index contributed by atoms with van der Waals surface area (Å²) in [6.07, 6.45) is 0. The highest BCUT2D eigenvalue weighted by Crippen LogP contribution is 2.25. The topological polar surface area (TPSA) is 68.0 Å². The molecule has 1 aromatic heterocycles. The van der Waals surface area contributed by atoms with Crippen LogP contribution in [0.5, 0.6) is 0 Å². The first-order valence-electron chi connectivity index (χ1n) is 7.29. The number of amides is 1. The van der Waals surface area contributed by atoms with Gasteiger partial charge >= 0.3 is 0 Å². The fourth-order valence-corrected chi connectivity index (χ4v) is 2.35. The van der Waals surface area contributed by atoms with E-state index in [9.17, 15) is 4.79 Å². The molecule has 22 heavy (non-hydrogen) atoms. The lowest BCUT2D eigenvalue weighted by atomic mass is 10.1. The SMILES string of the molecule is Cc1ccccc1-c1nnc(SCC(=O)NC(C)C(C)C)o1. The van der Waals surface area contributed by atoms with E-state index in [-0.39, 0.29) is 17.7 Å². The molecule has 1 aromatic carbocycles. The third-order valence-electron chi connectivity index (χ3n) is 3.50. The fraction of sp³-hybridized carbons (Fsp3) is 0.438. The number of thioether (sulfide) groups is 1. The minimum atomic E-state index is -0.0261. The third-order valence-corrected chi connectivity index (χ3v) is 4.32. The monoisotopic (exact) mass is 319 g/mol. The minimum Gasteiger partial charge on any atom is -0.411 e. The highest BCUT2D eigenvalue weighted by molar-refractivity contribution is 7.99. The van der Waals surface area contributed by atoms with Crippen molar-refractivity contribution in [3.8, 4) is 11.5 Å². The second-order valence-corrected chi connectivity index (χ2v) is 6.50. The molecular weight excluding hydrogens is 298 g/mol. The van der Waals surface area contributed by atoms with Gasteiger partial charge in [-0.2, -0.15) is 0 Å². The van der Waals surface area contributed by atoms with E-state index in [2.05, 4.69) is 29.4 Å². The predicted molar refractivity (Wildman–Crippen MR) is 87.6 cm³/mol. The van der Waals surface area contributed by atoms with Crippen LogP contribution in [0.1, 0.15) is 26.3 Å². The van der Waals surface area contributed by atoms with Crippen molar-refractivity contribution < 1.29 is 9.21 Å². The number of benzene rings is 1. The van der Waals surface area contributed by atoms with Gasteiger partial charge in [0, 0.05) is 11.6 Å². The number of carbonyl (C=O) groups is 1. The van der Waals surface area contributed by atoms with Crippen molar-refractivity contribution in [2.45, 2.75) is 39.0 Å². The molecule has 0 fully saturated rings. The molecule has 1 amide bonds. The Morgan fingerprint density at radius 1 is 1.27 bits per heavy atom. The molecule has 0 saturated heterocycles. The number of aromatic nitrogens is 2. The van der Waals surface area contributed by atoms with Crippen molar-refractivity contribution in [1.29, 1.82) is 0 Å². The summed E-state index contributed by atoms with van der Waals surface area (Å²) in [6, 6.07) is 7.98. The number of aryl methyl sites for hydroxylation is 1. The number of rotatable bonds is 6. The van der Waals surface area contributed by atoms with Crippen LogP contribution in [-0.4, -0.2) is 27.9 Å². The van der Waals surface area contributed by atoms with Gasteiger partial charge in [-0.05, 0) is 31.4 Å². The van der Waals surface area contributed by atoms with E-state index >= 15 is 0 Å². The van der Waals surface area contributed by atoms with Gasteiger partial charge in [0.05, 0.1) is 5.75 Å². The summed E-state index contributed by atoms with van der Waals surface area (Å²) >= 11 is 1.25. The van der Waals surface area contributed by atoms with Crippen LogP contribution in [0.15, 0.2) is 33.9 Å². The van der Waals surface area contributed by atoms with Crippen LogP contribution in [0.4, 0.5) is 0 Å². The smallest absolute Gasteiger partial charge is 0.277 e. The van der Waals surface area contributed by atoms with E-state index in [0.717, 1.165) is 11.1 Å². The van der Waals surface area contributed by atoms with Gasteiger partial charge in [-0.15, -0.1) is 10.2 Å². The highest BCUT2D eigenvalue weighted by atomic mass is 32.2. The quantitative estimate of drug-likeness (QED) is 0.827. The Morgan fingerprint density at radius 2 is 2.00 bits per heavy atom. The van der Waals surface area contributed by atoms with Crippen molar-refractivity contribution in [3.63, 3.8) is 0 Å². The maximum atomic E-state index is 11.8. The molecule has 0 spiro atoms. The van der Waals surface area contributed by atoms with Crippen LogP contribution < -0.4 is 5.32 Å². The molecular formula is C16H21N3O2S. The standard InChI is InChI=1S/C16H21N3O2S/c1-10(2)12(4)17-14(20)9-22-16-19-18-15(21-16)13-8-6-5-7-11(13)3/h5-8,10,12H,9H2,1-4H3,(H,17,20). The minimum absolute atomic E-state index is 0.0261. The van der Waals surface area contributed by atoms with E-state index in [0.29, 0.717) is 17.0 Å². The lowest BCUT2D eigenvalue weighted by Gasteiger charge is -2.16. The molecule has 6 heteroatoms. The summed E-state index contributed by atoms with van der Waals surface area (Å²) in [4.78, 5) is 11.8. The van der Waals surface area contributed by atoms with E-state index in [1.807, 2.05) is 38.1 Å². The lowest BCUT2D eigenvalue weighted by Crippen LogP contribution is -2.37. The Bertz CT molecular complexity index is 640. The highest BCUT2D eigenvalue weighted by Gasteiger charge is 2.14. The molecule has 0 aliphatic rings. The number of nitrogens with one attached hydrogen (secondary N) is 1. The second-order valence-electron chi connectivity index (χ2n) is 5.58. The summed E-state index contributed by atoms with van der Waals surface area (Å²) in [5.41, 5.74) is 1.99. The maximum Gasteiger partial charge on any atom is 0.277 e. The molecule has 5 nitrogen and oxygen atoms in total. The van der Waals surface area contributed by atoms with E-state index in [1.54, 1.807) is 0 Å². The first-order chi connectivity index (χ1) is 10.5. The molecule has 1 unspecified atom stereocenters. The van der Waals surface area contributed by atoms with Crippen LogP contribution in [0.2, 0.25) is 0 Å². The second kappa shape index (κ2) is 7.45. The van der Waals surface area contributed by atoms with Gasteiger partial charge in [-0.1, -0.05) is 43.8 Å². The Morgan fingerprint density at radius 3 is 2.68 bits per heavy atom. The molecule has 1 N–H and O–H groups in total. The van der Waals surface area contributed by atoms with Crippen LogP contribution in [-0.2, 0) is 4.79 Å². The van der Waals surface area contributed by atoms with Crippen molar-refractivity contribution in [2.24, 2.45) is 5.92 Å². The third kappa shape index (κ3) is 4.34. The zero-order valence-corrected chi connectivity index (χ0v) is 14.1. The largest absolute Gasteiger partial charge is 0.411 e. The summed E-state index contributed by atoms with van der Waals surface area (Å²) < 4.78 is 5.61. The predicted octanol–water partition coefficient (Wildman–Crippen LogP) is 3.30. The summed E-state index contributed by atoms with van der Waals surface area (Å²) in [5, 5.41) is 11.4. The summed E-state index contributed by atoms with van der Waals surface area (Å²) in [7, 11) is 0. The van der Waals surface area contributed by atoms with E-state index in [1.165, 1.54) is 11.8 Å². The van der Waals surface area contributed by atoms with Crippen molar-refractivity contribution in [1.82, 2.24) is 15.5 Å². The molecule has 1 atom stereocenters. The molecule has 2 aromatic rings.